The predicted molar refractivity (Wildman–Crippen MR) is 77.5 cm³/mol. The predicted octanol–water partition coefficient (Wildman–Crippen LogP) is 1.21. The second-order valence-corrected chi connectivity index (χ2v) is 6.93. The van der Waals surface area contributed by atoms with Crippen molar-refractivity contribution in [2.45, 2.75) is 24.5 Å². The minimum absolute atomic E-state index is 0.240. The molecule has 0 radical (unpaired) electrons. The van der Waals surface area contributed by atoms with Crippen LogP contribution in [-0.4, -0.2) is 31.5 Å². The van der Waals surface area contributed by atoms with Crippen molar-refractivity contribution in [2.24, 2.45) is 0 Å². The monoisotopic (exact) mass is 310 g/mol. The second kappa shape index (κ2) is 6.38. The van der Waals surface area contributed by atoms with Gasteiger partial charge in [-0.2, -0.15) is 0 Å². The van der Waals surface area contributed by atoms with Crippen LogP contribution in [-0.2, 0) is 16.4 Å². The highest BCUT2D eigenvalue weighted by Gasteiger charge is 2.11. The average molecular weight is 310 g/mol. The van der Waals surface area contributed by atoms with E-state index in [-0.39, 0.29) is 4.90 Å². The van der Waals surface area contributed by atoms with E-state index in [1.54, 1.807) is 12.1 Å². The second-order valence-electron chi connectivity index (χ2n) is 4.92. The van der Waals surface area contributed by atoms with Gasteiger partial charge in [0, 0.05) is 25.4 Å². The summed E-state index contributed by atoms with van der Waals surface area (Å²) >= 11 is 0. The molecular formula is C14H18N2O4S. The summed E-state index contributed by atoms with van der Waals surface area (Å²) in [6.45, 7) is 2.65. The third-order valence-corrected chi connectivity index (χ3v) is 4.14. The largest absolute Gasteiger partial charge is 0.387 e. The molecule has 6 nitrogen and oxygen atoms in total. The van der Waals surface area contributed by atoms with Crippen molar-refractivity contribution >= 4 is 9.84 Å². The molecule has 114 valence electrons. The van der Waals surface area contributed by atoms with Crippen LogP contribution in [0.15, 0.2) is 39.8 Å². The molecule has 0 spiro atoms. The molecule has 1 heterocycles. The van der Waals surface area contributed by atoms with Gasteiger partial charge in [-0.15, -0.1) is 0 Å². The van der Waals surface area contributed by atoms with Gasteiger partial charge in [-0.05, 0) is 24.6 Å². The maximum atomic E-state index is 11.4. The standard InChI is InChI=1S/C14H18N2O4S/c1-10-7-12(16-20-10)8-15-9-14(17)11-3-5-13(6-4-11)21(2,18)19/h3-7,14-15,17H,8-9H2,1-2H3. The molecule has 0 amide bonds. The van der Waals surface area contributed by atoms with E-state index in [0.717, 1.165) is 17.7 Å². The lowest BCUT2D eigenvalue weighted by Crippen LogP contribution is -2.21. The van der Waals surface area contributed by atoms with Crippen LogP contribution < -0.4 is 5.32 Å². The first kappa shape index (κ1) is 15.7. The number of nitrogens with zero attached hydrogens (tertiary/aromatic N) is 1. The zero-order valence-corrected chi connectivity index (χ0v) is 12.7. The summed E-state index contributed by atoms with van der Waals surface area (Å²) in [5, 5.41) is 16.9. The summed E-state index contributed by atoms with van der Waals surface area (Å²) in [6, 6.07) is 8.04. The van der Waals surface area contributed by atoms with Gasteiger partial charge >= 0.3 is 0 Å². The molecule has 0 aliphatic heterocycles. The van der Waals surface area contributed by atoms with Gasteiger partial charge in [-0.25, -0.2) is 8.42 Å². The Kier molecular flexibility index (Phi) is 4.76. The maximum absolute atomic E-state index is 11.4. The van der Waals surface area contributed by atoms with Crippen LogP contribution in [0.3, 0.4) is 0 Å². The molecule has 2 rings (SSSR count). The number of aromatic nitrogens is 1. The van der Waals surface area contributed by atoms with E-state index in [1.807, 2.05) is 13.0 Å². The summed E-state index contributed by atoms with van der Waals surface area (Å²) in [5.74, 6) is 0.740. The fourth-order valence-corrected chi connectivity index (χ4v) is 2.52. The third kappa shape index (κ3) is 4.38. The van der Waals surface area contributed by atoms with Gasteiger partial charge in [0.2, 0.25) is 0 Å². The lowest BCUT2D eigenvalue weighted by molar-refractivity contribution is 0.174. The van der Waals surface area contributed by atoms with Crippen LogP contribution in [0.4, 0.5) is 0 Å². The first-order valence-corrected chi connectivity index (χ1v) is 8.36. The molecule has 1 aromatic heterocycles. The number of sulfone groups is 1. The molecule has 2 N–H and O–H groups in total. The summed E-state index contributed by atoms with van der Waals surface area (Å²) in [5.41, 5.74) is 1.43. The van der Waals surface area contributed by atoms with Crippen molar-refractivity contribution in [3.05, 3.63) is 47.3 Å². The van der Waals surface area contributed by atoms with Gasteiger partial charge in [0.1, 0.15) is 5.76 Å². The Hall–Kier alpha value is -1.70. The Labute approximate surface area is 123 Å². The van der Waals surface area contributed by atoms with Gasteiger partial charge in [-0.3, -0.25) is 0 Å². The maximum Gasteiger partial charge on any atom is 0.175 e. The number of hydrogen-bond donors (Lipinski definition) is 2. The minimum Gasteiger partial charge on any atom is -0.387 e. The Morgan fingerprint density at radius 2 is 2.00 bits per heavy atom. The number of aryl methyl sites for hydroxylation is 1. The van der Waals surface area contributed by atoms with Crippen molar-refractivity contribution in [1.29, 1.82) is 0 Å². The normalized spacial score (nSPS) is 13.3. The Bertz CT molecular complexity index is 692. The highest BCUT2D eigenvalue weighted by molar-refractivity contribution is 7.90. The molecule has 0 aliphatic carbocycles. The average Bonchev–Trinajstić information content (AvgIpc) is 2.83. The van der Waals surface area contributed by atoms with Gasteiger partial charge < -0.3 is 14.9 Å². The molecule has 1 aromatic carbocycles. The van der Waals surface area contributed by atoms with E-state index < -0.39 is 15.9 Å². The van der Waals surface area contributed by atoms with Gasteiger partial charge in [0.25, 0.3) is 0 Å². The third-order valence-electron chi connectivity index (χ3n) is 3.01. The van der Waals surface area contributed by atoms with Crippen LogP contribution in [0.2, 0.25) is 0 Å². The lowest BCUT2D eigenvalue weighted by Gasteiger charge is -2.12. The van der Waals surface area contributed by atoms with Crippen molar-refractivity contribution in [1.82, 2.24) is 10.5 Å². The zero-order chi connectivity index (χ0) is 15.5. The smallest absolute Gasteiger partial charge is 0.175 e. The van der Waals surface area contributed by atoms with E-state index in [1.165, 1.54) is 12.1 Å². The Balaban J connectivity index is 1.89. The van der Waals surface area contributed by atoms with Crippen molar-refractivity contribution in [3.63, 3.8) is 0 Å². The van der Waals surface area contributed by atoms with Gasteiger partial charge in [0.15, 0.2) is 9.84 Å². The highest BCUT2D eigenvalue weighted by atomic mass is 32.2. The van der Waals surface area contributed by atoms with Crippen LogP contribution in [0, 0.1) is 6.92 Å². The molecule has 0 saturated heterocycles. The van der Waals surface area contributed by atoms with E-state index >= 15 is 0 Å². The number of benzene rings is 1. The number of rotatable bonds is 6. The molecular weight excluding hydrogens is 292 g/mol. The Morgan fingerprint density at radius 1 is 1.33 bits per heavy atom. The Morgan fingerprint density at radius 3 is 2.52 bits per heavy atom. The van der Waals surface area contributed by atoms with E-state index in [4.69, 9.17) is 4.52 Å². The minimum atomic E-state index is -3.21. The van der Waals surface area contributed by atoms with Crippen LogP contribution in [0.25, 0.3) is 0 Å². The quantitative estimate of drug-likeness (QED) is 0.833. The van der Waals surface area contributed by atoms with E-state index in [9.17, 15) is 13.5 Å². The van der Waals surface area contributed by atoms with E-state index in [2.05, 4.69) is 10.5 Å². The highest BCUT2D eigenvalue weighted by Crippen LogP contribution is 2.16. The molecule has 1 unspecified atom stereocenters. The molecule has 7 heteroatoms. The van der Waals surface area contributed by atoms with Crippen molar-refractivity contribution in [3.8, 4) is 0 Å². The van der Waals surface area contributed by atoms with Crippen molar-refractivity contribution < 1.29 is 18.0 Å². The van der Waals surface area contributed by atoms with Crippen LogP contribution in [0.5, 0.6) is 0 Å². The molecule has 0 aliphatic rings. The molecule has 1 atom stereocenters. The molecule has 2 aromatic rings. The molecule has 0 fully saturated rings. The number of aliphatic hydroxyl groups excluding tert-OH is 1. The first-order valence-electron chi connectivity index (χ1n) is 6.47. The van der Waals surface area contributed by atoms with Gasteiger partial charge in [0.05, 0.1) is 16.7 Å². The van der Waals surface area contributed by atoms with Crippen molar-refractivity contribution in [2.75, 3.05) is 12.8 Å². The van der Waals surface area contributed by atoms with Crippen LogP contribution in [0.1, 0.15) is 23.1 Å². The first-order chi connectivity index (χ1) is 9.86. The SMILES string of the molecule is Cc1cc(CNCC(O)c2ccc(S(C)(=O)=O)cc2)no1. The summed E-state index contributed by atoms with van der Waals surface area (Å²) in [4.78, 5) is 0.240. The topological polar surface area (TPSA) is 92.4 Å². The summed E-state index contributed by atoms with van der Waals surface area (Å²) < 4.78 is 27.7. The summed E-state index contributed by atoms with van der Waals surface area (Å²) in [7, 11) is -3.21. The number of aliphatic hydroxyl groups is 1. The van der Waals surface area contributed by atoms with Gasteiger partial charge in [-0.1, -0.05) is 17.3 Å². The fraction of sp³-hybridized carbons (Fsp3) is 0.357. The number of nitrogens with one attached hydrogen (secondary N) is 1. The molecule has 21 heavy (non-hydrogen) atoms. The zero-order valence-electron chi connectivity index (χ0n) is 11.9. The number of hydrogen-bond acceptors (Lipinski definition) is 6. The molecule has 0 saturated carbocycles. The van der Waals surface area contributed by atoms with Crippen LogP contribution >= 0.6 is 0 Å². The van der Waals surface area contributed by atoms with E-state index in [0.29, 0.717) is 18.7 Å². The lowest BCUT2D eigenvalue weighted by atomic mass is 10.1. The fourth-order valence-electron chi connectivity index (χ4n) is 1.89. The molecule has 0 bridgehead atoms. The summed E-state index contributed by atoms with van der Waals surface area (Å²) in [6.07, 6.45) is 0.437.